The number of pyridine rings is 1. The molecule has 3 aromatic heterocycles. The van der Waals surface area contributed by atoms with Crippen LogP contribution in [0.4, 0.5) is 5.82 Å². The number of nitrogens with zero attached hydrogens (tertiary/aromatic N) is 6. The van der Waals surface area contributed by atoms with E-state index in [1.807, 2.05) is 53.8 Å². The molecule has 0 saturated carbocycles. The van der Waals surface area contributed by atoms with Gasteiger partial charge in [-0.15, -0.1) is 10.2 Å². The van der Waals surface area contributed by atoms with Gasteiger partial charge in [-0.05, 0) is 30.0 Å². The highest BCUT2D eigenvalue weighted by atomic mass is 32.2. The Kier molecular flexibility index (Phi) is 4.71. The molecular formula is C19H17N7OS. The lowest BCUT2D eigenvalue weighted by Crippen LogP contribution is -2.26. The molecule has 1 amide bonds. The van der Waals surface area contributed by atoms with Crippen molar-refractivity contribution < 1.29 is 4.79 Å². The highest BCUT2D eigenvalue weighted by molar-refractivity contribution is 8.00. The van der Waals surface area contributed by atoms with Gasteiger partial charge in [-0.1, -0.05) is 36.9 Å². The van der Waals surface area contributed by atoms with E-state index in [1.54, 1.807) is 7.05 Å². The number of nitriles is 1. The van der Waals surface area contributed by atoms with Gasteiger partial charge in [0.25, 0.3) is 0 Å². The first kappa shape index (κ1) is 18.0. The SMILES string of the molecule is CCC(Sc1nnc2ccc3ccccc3n12)C(=O)Nc1c(C#N)cnn1C. The van der Waals surface area contributed by atoms with E-state index < -0.39 is 5.25 Å². The maximum absolute atomic E-state index is 12.8. The summed E-state index contributed by atoms with van der Waals surface area (Å²) in [5.41, 5.74) is 2.05. The van der Waals surface area contributed by atoms with Crippen LogP contribution in [0.15, 0.2) is 47.8 Å². The number of benzene rings is 1. The molecule has 0 fully saturated rings. The van der Waals surface area contributed by atoms with E-state index in [0.717, 1.165) is 16.6 Å². The summed E-state index contributed by atoms with van der Waals surface area (Å²) >= 11 is 1.35. The van der Waals surface area contributed by atoms with Gasteiger partial charge in [-0.25, -0.2) is 0 Å². The van der Waals surface area contributed by atoms with Crippen LogP contribution in [0.3, 0.4) is 0 Å². The van der Waals surface area contributed by atoms with Crippen molar-refractivity contribution in [2.24, 2.45) is 7.05 Å². The van der Waals surface area contributed by atoms with Gasteiger partial charge in [0.15, 0.2) is 10.8 Å². The van der Waals surface area contributed by atoms with Crippen LogP contribution in [0.1, 0.15) is 18.9 Å². The Bertz CT molecular complexity index is 1220. The Labute approximate surface area is 165 Å². The standard InChI is InChI=1S/C19H17N7OS/c1-3-15(18(27)22-17-13(10-20)11-21-25(17)2)28-19-24-23-16-9-8-12-6-4-5-7-14(12)26(16)19/h4-9,11,15H,3H2,1-2H3,(H,22,27). The van der Waals surface area contributed by atoms with Crippen LogP contribution in [0.2, 0.25) is 0 Å². The lowest BCUT2D eigenvalue weighted by molar-refractivity contribution is -0.115. The largest absolute Gasteiger partial charge is 0.309 e. The van der Waals surface area contributed by atoms with Crippen LogP contribution in [-0.4, -0.2) is 35.5 Å². The minimum Gasteiger partial charge on any atom is -0.309 e. The first-order chi connectivity index (χ1) is 13.6. The molecule has 1 N–H and O–H groups in total. The van der Waals surface area contributed by atoms with Gasteiger partial charge in [0.05, 0.1) is 17.0 Å². The number of carbonyl (C=O) groups excluding carboxylic acids is 1. The van der Waals surface area contributed by atoms with E-state index in [4.69, 9.17) is 0 Å². The molecule has 140 valence electrons. The van der Waals surface area contributed by atoms with E-state index in [0.29, 0.717) is 23.0 Å². The van der Waals surface area contributed by atoms with Crippen LogP contribution in [0, 0.1) is 11.3 Å². The fraction of sp³-hybridized carbons (Fsp3) is 0.211. The molecule has 28 heavy (non-hydrogen) atoms. The summed E-state index contributed by atoms with van der Waals surface area (Å²) in [4.78, 5) is 12.8. The molecule has 9 heteroatoms. The van der Waals surface area contributed by atoms with Crippen LogP contribution >= 0.6 is 11.8 Å². The van der Waals surface area contributed by atoms with Crippen LogP contribution in [-0.2, 0) is 11.8 Å². The van der Waals surface area contributed by atoms with Gasteiger partial charge in [-0.2, -0.15) is 10.4 Å². The third-order valence-corrected chi connectivity index (χ3v) is 5.77. The number of fused-ring (bicyclic) bond motifs is 3. The summed E-state index contributed by atoms with van der Waals surface area (Å²) in [5.74, 6) is 0.188. The number of amides is 1. The number of hydrogen-bond acceptors (Lipinski definition) is 6. The summed E-state index contributed by atoms with van der Waals surface area (Å²) < 4.78 is 3.44. The van der Waals surface area contributed by atoms with Crippen molar-refractivity contribution in [2.45, 2.75) is 23.8 Å². The van der Waals surface area contributed by atoms with Crippen molar-refractivity contribution in [3.05, 3.63) is 48.2 Å². The van der Waals surface area contributed by atoms with Gasteiger partial charge in [-0.3, -0.25) is 13.9 Å². The molecule has 1 aromatic carbocycles. The Morgan fingerprint density at radius 3 is 2.89 bits per heavy atom. The molecule has 0 aliphatic carbocycles. The Morgan fingerprint density at radius 1 is 1.29 bits per heavy atom. The molecule has 0 aliphatic heterocycles. The third-order valence-electron chi connectivity index (χ3n) is 4.46. The van der Waals surface area contributed by atoms with Crippen LogP contribution in [0.5, 0.6) is 0 Å². The Morgan fingerprint density at radius 2 is 2.11 bits per heavy atom. The zero-order valence-electron chi connectivity index (χ0n) is 15.3. The summed E-state index contributed by atoms with van der Waals surface area (Å²) in [5, 5.41) is 25.9. The van der Waals surface area contributed by atoms with Crippen molar-refractivity contribution in [1.82, 2.24) is 24.4 Å². The summed E-state index contributed by atoms with van der Waals surface area (Å²) in [6.07, 6.45) is 2.03. The zero-order valence-corrected chi connectivity index (χ0v) is 16.1. The fourth-order valence-electron chi connectivity index (χ4n) is 3.00. The fourth-order valence-corrected chi connectivity index (χ4v) is 3.98. The van der Waals surface area contributed by atoms with E-state index in [2.05, 4.69) is 20.6 Å². The quantitative estimate of drug-likeness (QED) is 0.525. The second kappa shape index (κ2) is 7.32. The highest BCUT2D eigenvalue weighted by Gasteiger charge is 2.23. The lowest BCUT2D eigenvalue weighted by atomic mass is 10.2. The number of anilines is 1. The lowest BCUT2D eigenvalue weighted by Gasteiger charge is -2.14. The van der Waals surface area contributed by atoms with Crippen molar-refractivity contribution in [3.63, 3.8) is 0 Å². The molecule has 0 saturated heterocycles. The molecule has 1 atom stereocenters. The predicted octanol–water partition coefficient (Wildman–Crippen LogP) is 3.00. The second-order valence-electron chi connectivity index (χ2n) is 6.21. The maximum atomic E-state index is 12.8. The van der Waals surface area contributed by atoms with Gasteiger partial charge >= 0.3 is 0 Å². The van der Waals surface area contributed by atoms with E-state index >= 15 is 0 Å². The molecule has 8 nitrogen and oxygen atoms in total. The van der Waals surface area contributed by atoms with E-state index in [9.17, 15) is 10.1 Å². The van der Waals surface area contributed by atoms with Gasteiger partial charge in [0, 0.05) is 7.05 Å². The molecule has 4 rings (SSSR count). The molecular weight excluding hydrogens is 374 g/mol. The van der Waals surface area contributed by atoms with Crippen LogP contribution < -0.4 is 5.32 Å². The van der Waals surface area contributed by atoms with Crippen molar-refractivity contribution >= 4 is 40.0 Å². The van der Waals surface area contributed by atoms with E-state index in [-0.39, 0.29) is 5.91 Å². The average Bonchev–Trinajstić information content (AvgIpc) is 3.29. The zero-order chi connectivity index (χ0) is 19.7. The second-order valence-corrected chi connectivity index (χ2v) is 7.38. The number of thioether (sulfide) groups is 1. The summed E-state index contributed by atoms with van der Waals surface area (Å²) in [6, 6.07) is 13.9. The first-order valence-corrected chi connectivity index (χ1v) is 9.63. The molecule has 0 spiro atoms. The van der Waals surface area contributed by atoms with Crippen molar-refractivity contribution in [1.29, 1.82) is 5.26 Å². The molecule has 1 unspecified atom stereocenters. The number of hydrogen-bond donors (Lipinski definition) is 1. The first-order valence-electron chi connectivity index (χ1n) is 8.75. The monoisotopic (exact) mass is 391 g/mol. The number of rotatable bonds is 5. The van der Waals surface area contributed by atoms with Crippen LogP contribution in [0.25, 0.3) is 16.6 Å². The Hall–Kier alpha value is -3.38. The number of nitrogens with one attached hydrogen (secondary N) is 1. The number of para-hydroxylation sites is 1. The maximum Gasteiger partial charge on any atom is 0.239 e. The minimum absolute atomic E-state index is 0.204. The number of aromatic nitrogens is 5. The highest BCUT2D eigenvalue weighted by Crippen LogP contribution is 2.28. The Balaban J connectivity index is 1.65. The molecule has 0 bridgehead atoms. The molecule has 4 aromatic rings. The summed E-state index contributed by atoms with van der Waals surface area (Å²) in [7, 11) is 1.68. The van der Waals surface area contributed by atoms with Gasteiger partial charge < -0.3 is 5.32 Å². The summed E-state index contributed by atoms with van der Waals surface area (Å²) in [6.45, 7) is 1.94. The normalized spacial score (nSPS) is 12.2. The van der Waals surface area contributed by atoms with Gasteiger partial charge in [0.2, 0.25) is 5.91 Å². The average molecular weight is 391 g/mol. The topological polar surface area (TPSA) is 101 Å². The molecule has 3 heterocycles. The minimum atomic E-state index is -0.396. The smallest absolute Gasteiger partial charge is 0.239 e. The third kappa shape index (κ3) is 3.08. The molecule has 0 radical (unpaired) electrons. The number of carbonyl (C=O) groups is 1. The number of aryl methyl sites for hydroxylation is 1. The predicted molar refractivity (Wildman–Crippen MR) is 107 cm³/mol. The van der Waals surface area contributed by atoms with Crippen molar-refractivity contribution in [3.8, 4) is 6.07 Å². The van der Waals surface area contributed by atoms with Gasteiger partial charge in [0.1, 0.15) is 17.5 Å². The van der Waals surface area contributed by atoms with Crippen molar-refractivity contribution in [2.75, 3.05) is 5.32 Å². The molecule has 0 aliphatic rings. The van der Waals surface area contributed by atoms with E-state index in [1.165, 1.54) is 22.6 Å².